The van der Waals surface area contributed by atoms with E-state index in [1.807, 2.05) is 18.2 Å². The van der Waals surface area contributed by atoms with Crippen molar-refractivity contribution in [3.63, 3.8) is 0 Å². The minimum atomic E-state index is -0.439. The lowest BCUT2D eigenvalue weighted by Gasteiger charge is -2.21. The number of carbonyl (C=O) groups is 1. The molecule has 7 heteroatoms. The first-order valence-electron chi connectivity index (χ1n) is 5.12. The predicted molar refractivity (Wildman–Crippen MR) is 80.6 cm³/mol. The Morgan fingerprint density at radius 3 is 2.61 bits per heavy atom. The van der Waals surface area contributed by atoms with E-state index in [0.29, 0.717) is 22.1 Å². The van der Waals surface area contributed by atoms with Gasteiger partial charge in [-0.3, -0.25) is 4.83 Å². The summed E-state index contributed by atoms with van der Waals surface area (Å²) in [7, 11) is 0. The van der Waals surface area contributed by atoms with E-state index in [9.17, 15) is 4.79 Å². The molecular weight excluding hydrogens is 384 g/mol. The van der Waals surface area contributed by atoms with Crippen molar-refractivity contribution in [2.24, 2.45) is 5.10 Å². The first-order valence-corrected chi connectivity index (χ1v) is 8.18. The van der Waals surface area contributed by atoms with Crippen LogP contribution in [-0.2, 0) is 4.79 Å². The van der Waals surface area contributed by atoms with E-state index >= 15 is 0 Å². The Morgan fingerprint density at radius 1 is 1.33 bits per heavy atom. The number of esters is 1. The van der Waals surface area contributed by atoms with Gasteiger partial charge in [-0.15, -0.1) is 0 Å². The Kier molecular flexibility index (Phi) is 4.69. The third-order valence-corrected chi connectivity index (χ3v) is 6.12. The molecule has 1 aromatic carbocycles. The molecule has 0 unspecified atom stereocenters. The highest BCUT2D eigenvalue weighted by atomic mass is 79.9. The molecule has 0 saturated heterocycles. The van der Waals surface area contributed by atoms with Crippen LogP contribution in [-0.4, -0.2) is 27.1 Å². The summed E-state index contributed by atoms with van der Waals surface area (Å²) in [4.78, 5) is 14.9. The second-order valence-electron chi connectivity index (χ2n) is 3.62. The maximum Gasteiger partial charge on any atom is 0.361 e. The Labute approximate surface area is 126 Å². The summed E-state index contributed by atoms with van der Waals surface area (Å²) in [5.41, 5.74) is 0.380. The highest BCUT2D eigenvalue weighted by molar-refractivity contribution is 9.10. The summed E-state index contributed by atoms with van der Waals surface area (Å²) in [5, 5.41) is 5.23. The van der Waals surface area contributed by atoms with Crippen LogP contribution in [0.4, 0.5) is 0 Å². The maximum atomic E-state index is 12.1. The largest absolute Gasteiger partial charge is 0.422 e. The second kappa shape index (κ2) is 6.08. The summed E-state index contributed by atoms with van der Waals surface area (Å²) in [6.45, 7) is 0. The molecule has 0 spiro atoms. The van der Waals surface area contributed by atoms with Crippen molar-refractivity contribution >= 4 is 55.5 Å². The SMILES string of the molecule is O=C(Oc1ccccc1)C1=NNSC1(CBr)CBr. The molecule has 1 N–H and O–H groups in total. The number of hydrogen-bond acceptors (Lipinski definition) is 5. The number of hydrogen-bond donors (Lipinski definition) is 1. The van der Waals surface area contributed by atoms with Crippen LogP contribution in [0, 0.1) is 0 Å². The minimum absolute atomic E-state index is 0.380. The first-order chi connectivity index (χ1) is 8.72. The number of carbonyl (C=O) groups excluding carboxylic acids is 1. The third kappa shape index (κ3) is 2.73. The van der Waals surface area contributed by atoms with E-state index in [-0.39, 0.29) is 0 Å². The van der Waals surface area contributed by atoms with Gasteiger partial charge in [-0.05, 0) is 24.1 Å². The number of benzene rings is 1. The topological polar surface area (TPSA) is 50.7 Å². The van der Waals surface area contributed by atoms with Crippen LogP contribution in [0.1, 0.15) is 0 Å². The van der Waals surface area contributed by atoms with Gasteiger partial charge in [0.25, 0.3) is 0 Å². The molecule has 0 bridgehead atoms. The number of para-hydroxylation sites is 1. The van der Waals surface area contributed by atoms with E-state index in [0.717, 1.165) is 0 Å². The summed E-state index contributed by atoms with van der Waals surface area (Å²) in [6.07, 6.45) is 0. The fourth-order valence-electron chi connectivity index (χ4n) is 1.40. The summed E-state index contributed by atoms with van der Waals surface area (Å²) in [6, 6.07) is 8.96. The molecule has 1 aliphatic heterocycles. The first kappa shape index (κ1) is 13.9. The lowest BCUT2D eigenvalue weighted by molar-refractivity contribution is -0.127. The molecule has 1 aromatic rings. The van der Waals surface area contributed by atoms with E-state index in [1.54, 1.807) is 12.1 Å². The van der Waals surface area contributed by atoms with Gasteiger partial charge in [0, 0.05) is 10.7 Å². The number of rotatable bonds is 4. The molecule has 18 heavy (non-hydrogen) atoms. The van der Waals surface area contributed by atoms with E-state index < -0.39 is 10.7 Å². The van der Waals surface area contributed by atoms with E-state index in [2.05, 4.69) is 41.8 Å². The fraction of sp³-hybridized carbons (Fsp3) is 0.273. The van der Waals surface area contributed by atoms with Gasteiger partial charge in [0.2, 0.25) is 0 Å². The van der Waals surface area contributed by atoms with Crippen molar-refractivity contribution in [1.82, 2.24) is 4.83 Å². The van der Waals surface area contributed by atoms with Crippen LogP contribution in [0.15, 0.2) is 35.4 Å². The average Bonchev–Trinajstić information content (AvgIpc) is 2.84. The Hall–Kier alpha value is -0.530. The highest BCUT2D eigenvalue weighted by Gasteiger charge is 2.44. The van der Waals surface area contributed by atoms with Crippen molar-refractivity contribution in [1.29, 1.82) is 0 Å². The van der Waals surface area contributed by atoms with Crippen molar-refractivity contribution in [3.8, 4) is 5.75 Å². The van der Waals surface area contributed by atoms with Gasteiger partial charge in [0.05, 0.1) is 0 Å². The van der Waals surface area contributed by atoms with Crippen LogP contribution in [0.5, 0.6) is 5.75 Å². The number of nitrogens with zero attached hydrogens (tertiary/aromatic N) is 1. The van der Waals surface area contributed by atoms with Gasteiger partial charge in [-0.25, -0.2) is 4.79 Å². The van der Waals surface area contributed by atoms with Gasteiger partial charge in [0.1, 0.15) is 10.5 Å². The molecule has 0 amide bonds. The number of hydrazone groups is 1. The quantitative estimate of drug-likeness (QED) is 0.370. The molecule has 0 fully saturated rings. The summed E-state index contributed by atoms with van der Waals surface area (Å²) in [5.74, 6) is 0.0812. The minimum Gasteiger partial charge on any atom is -0.422 e. The molecule has 0 aromatic heterocycles. The molecule has 96 valence electrons. The lowest BCUT2D eigenvalue weighted by Crippen LogP contribution is -2.43. The van der Waals surface area contributed by atoms with Crippen LogP contribution < -0.4 is 9.57 Å². The second-order valence-corrected chi connectivity index (χ2v) is 5.91. The molecule has 1 heterocycles. The molecule has 0 atom stereocenters. The maximum absolute atomic E-state index is 12.1. The lowest BCUT2D eigenvalue weighted by atomic mass is 10.1. The van der Waals surface area contributed by atoms with Crippen LogP contribution >= 0.6 is 43.8 Å². The summed E-state index contributed by atoms with van der Waals surface area (Å²) >= 11 is 8.21. The van der Waals surface area contributed by atoms with Crippen molar-refractivity contribution in [3.05, 3.63) is 30.3 Å². The monoisotopic (exact) mass is 392 g/mol. The molecule has 0 radical (unpaired) electrons. The van der Waals surface area contributed by atoms with Crippen molar-refractivity contribution in [2.45, 2.75) is 4.75 Å². The van der Waals surface area contributed by atoms with Gasteiger partial charge in [-0.1, -0.05) is 50.1 Å². The molecule has 1 aliphatic rings. The highest BCUT2D eigenvalue weighted by Crippen LogP contribution is 2.34. The van der Waals surface area contributed by atoms with Crippen molar-refractivity contribution < 1.29 is 9.53 Å². The molecule has 4 nitrogen and oxygen atoms in total. The average molecular weight is 394 g/mol. The normalized spacial score (nSPS) is 16.9. The van der Waals surface area contributed by atoms with Gasteiger partial charge in [0.15, 0.2) is 5.71 Å². The van der Waals surface area contributed by atoms with Crippen LogP contribution in [0.25, 0.3) is 0 Å². The Bertz CT molecular complexity index is 463. The third-order valence-electron chi connectivity index (χ3n) is 2.41. The Morgan fingerprint density at radius 2 is 2.00 bits per heavy atom. The molecule has 0 saturated carbocycles. The summed E-state index contributed by atoms with van der Waals surface area (Å²) < 4.78 is 4.85. The van der Waals surface area contributed by atoms with Gasteiger partial charge in [-0.2, -0.15) is 5.10 Å². The number of ether oxygens (including phenoxy) is 1. The fourth-order valence-corrected chi connectivity index (χ4v) is 4.19. The van der Waals surface area contributed by atoms with E-state index in [1.165, 1.54) is 11.9 Å². The number of alkyl halides is 2. The molecule has 2 rings (SSSR count). The smallest absolute Gasteiger partial charge is 0.361 e. The van der Waals surface area contributed by atoms with Gasteiger partial charge >= 0.3 is 5.97 Å². The number of nitrogens with one attached hydrogen (secondary N) is 1. The van der Waals surface area contributed by atoms with E-state index in [4.69, 9.17) is 4.74 Å². The number of halogens is 2. The zero-order valence-electron chi connectivity index (χ0n) is 9.23. The predicted octanol–water partition coefficient (Wildman–Crippen LogP) is 2.73. The standard InChI is InChI=1S/C11H10Br2N2O2S/c12-6-11(7-13)9(14-15-18-11)10(16)17-8-4-2-1-3-5-8/h1-5,15H,6-7H2. The van der Waals surface area contributed by atoms with Gasteiger partial charge < -0.3 is 4.74 Å². The van der Waals surface area contributed by atoms with Crippen molar-refractivity contribution in [2.75, 3.05) is 10.7 Å². The molecule has 0 aliphatic carbocycles. The Balaban J connectivity index is 2.14. The van der Waals surface area contributed by atoms with Crippen LogP contribution in [0.3, 0.4) is 0 Å². The zero-order valence-corrected chi connectivity index (χ0v) is 13.2. The van der Waals surface area contributed by atoms with Crippen LogP contribution in [0.2, 0.25) is 0 Å². The molecular formula is C11H10Br2N2O2S. The zero-order chi connectivity index (χ0) is 13.0.